The van der Waals surface area contributed by atoms with Crippen molar-refractivity contribution < 1.29 is 9.21 Å². The van der Waals surface area contributed by atoms with Gasteiger partial charge in [-0.25, -0.2) is 4.98 Å². The second-order valence-corrected chi connectivity index (χ2v) is 5.47. The van der Waals surface area contributed by atoms with Crippen LogP contribution in [0.5, 0.6) is 0 Å². The predicted molar refractivity (Wildman–Crippen MR) is 92.6 cm³/mol. The number of carbonyl (C=O) groups excluding carboxylic acids is 1. The molecule has 1 aromatic carbocycles. The first-order chi connectivity index (χ1) is 12.3. The highest BCUT2D eigenvalue weighted by Gasteiger charge is 2.09. The van der Waals surface area contributed by atoms with Gasteiger partial charge in [0, 0.05) is 30.7 Å². The molecule has 0 saturated carbocycles. The van der Waals surface area contributed by atoms with E-state index in [1.54, 1.807) is 30.7 Å². The monoisotopic (exact) mass is 330 g/mol. The van der Waals surface area contributed by atoms with Crippen LogP contribution in [0.25, 0.3) is 22.7 Å². The summed E-state index contributed by atoms with van der Waals surface area (Å²) in [6.45, 7) is 0.434. The second-order valence-electron chi connectivity index (χ2n) is 5.47. The summed E-state index contributed by atoms with van der Waals surface area (Å²) in [6, 6.07) is 14.8. The number of carbonyl (C=O) groups is 1. The lowest BCUT2D eigenvalue weighted by Gasteiger charge is -2.05. The van der Waals surface area contributed by atoms with Crippen molar-refractivity contribution in [2.75, 3.05) is 0 Å². The first-order valence-electron chi connectivity index (χ1n) is 7.79. The van der Waals surface area contributed by atoms with Crippen LogP contribution in [-0.4, -0.2) is 20.9 Å². The molecule has 1 amide bonds. The Morgan fingerprint density at radius 2 is 1.88 bits per heavy atom. The minimum atomic E-state index is -0.151. The van der Waals surface area contributed by atoms with Crippen LogP contribution in [0.1, 0.15) is 15.9 Å². The fraction of sp³-hybridized carbons (Fsp3) is 0.0526. The maximum atomic E-state index is 12.0. The molecule has 122 valence electrons. The maximum Gasteiger partial charge on any atom is 0.253 e. The fourth-order valence-corrected chi connectivity index (χ4v) is 2.44. The predicted octanol–water partition coefficient (Wildman–Crippen LogP) is 3.21. The molecule has 0 fully saturated rings. The molecule has 0 aliphatic heterocycles. The number of hydrogen-bond acceptors (Lipinski definition) is 5. The summed E-state index contributed by atoms with van der Waals surface area (Å²) in [4.78, 5) is 24.5. The molecule has 0 atom stereocenters. The van der Waals surface area contributed by atoms with E-state index in [0.717, 1.165) is 11.1 Å². The molecular formula is C19H14N4O2. The van der Waals surface area contributed by atoms with Gasteiger partial charge in [0.2, 0.25) is 5.89 Å². The van der Waals surface area contributed by atoms with Crippen molar-refractivity contribution in [2.45, 2.75) is 6.54 Å². The van der Waals surface area contributed by atoms with Crippen LogP contribution < -0.4 is 5.32 Å². The van der Waals surface area contributed by atoms with E-state index in [-0.39, 0.29) is 5.91 Å². The highest BCUT2D eigenvalue weighted by Crippen LogP contribution is 2.23. The van der Waals surface area contributed by atoms with Crippen molar-refractivity contribution in [3.05, 3.63) is 78.2 Å². The van der Waals surface area contributed by atoms with Crippen LogP contribution in [0.2, 0.25) is 0 Å². The first kappa shape index (κ1) is 15.0. The molecule has 4 rings (SSSR count). The van der Waals surface area contributed by atoms with E-state index in [1.807, 2.05) is 36.4 Å². The number of hydrogen-bond donors (Lipinski definition) is 1. The Labute approximate surface area is 143 Å². The molecular weight excluding hydrogens is 316 g/mol. The Balaban J connectivity index is 1.46. The molecule has 4 aromatic rings. The topological polar surface area (TPSA) is 80.9 Å². The van der Waals surface area contributed by atoms with Gasteiger partial charge in [-0.15, -0.1) is 0 Å². The number of nitrogens with zero attached hydrogens (tertiary/aromatic N) is 3. The number of amides is 1. The van der Waals surface area contributed by atoms with Crippen molar-refractivity contribution in [3.63, 3.8) is 0 Å². The van der Waals surface area contributed by atoms with Crippen LogP contribution >= 0.6 is 0 Å². The van der Waals surface area contributed by atoms with Crippen molar-refractivity contribution in [2.24, 2.45) is 0 Å². The highest BCUT2D eigenvalue weighted by atomic mass is 16.3. The van der Waals surface area contributed by atoms with Crippen LogP contribution in [-0.2, 0) is 6.54 Å². The zero-order valence-electron chi connectivity index (χ0n) is 13.2. The summed E-state index contributed by atoms with van der Waals surface area (Å²) < 4.78 is 5.70. The molecule has 0 aliphatic carbocycles. The molecule has 0 bridgehead atoms. The molecule has 0 saturated heterocycles. The van der Waals surface area contributed by atoms with Gasteiger partial charge in [0.05, 0.1) is 5.56 Å². The largest absolute Gasteiger partial charge is 0.434 e. The molecule has 6 nitrogen and oxygen atoms in total. The molecule has 25 heavy (non-hydrogen) atoms. The van der Waals surface area contributed by atoms with Gasteiger partial charge in [0.25, 0.3) is 5.91 Å². The Kier molecular flexibility index (Phi) is 3.92. The summed E-state index contributed by atoms with van der Waals surface area (Å²) in [7, 11) is 0. The number of oxazole rings is 1. The van der Waals surface area contributed by atoms with E-state index >= 15 is 0 Å². The SMILES string of the molecule is O=C(NCc1ccc(-c2nc3ncccc3o2)cc1)c1cccnc1. The number of pyridine rings is 2. The van der Waals surface area contributed by atoms with Crippen LogP contribution in [0.15, 0.2) is 71.5 Å². The third-order valence-corrected chi connectivity index (χ3v) is 3.74. The normalized spacial score (nSPS) is 10.7. The van der Waals surface area contributed by atoms with Crippen molar-refractivity contribution in [3.8, 4) is 11.5 Å². The number of benzene rings is 1. The molecule has 0 aliphatic rings. The van der Waals surface area contributed by atoms with Gasteiger partial charge in [-0.1, -0.05) is 12.1 Å². The zero-order valence-corrected chi connectivity index (χ0v) is 13.2. The Hall–Kier alpha value is -3.54. The number of rotatable bonds is 4. The standard InChI is InChI=1S/C19H14N4O2/c24-18(15-3-1-9-20-12-15)22-11-13-5-7-14(8-6-13)19-23-17-16(25-19)4-2-10-21-17/h1-10,12H,11H2,(H,22,24). The summed E-state index contributed by atoms with van der Waals surface area (Å²) in [5.74, 6) is 0.377. The van der Waals surface area contributed by atoms with Crippen LogP contribution in [0, 0.1) is 0 Å². The van der Waals surface area contributed by atoms with Gasteiger partial charge in [-0.05, 0) is 42.0 Å². The van der Waals surface area contributed by atoms with Crippen LogP contribution in [0.4, 0.5) is 0 Å². The first-order valence-corrected chi connectivity index (χ1v) is 7.79. The average molecular weight is 330 g/mol. The van der Waals surface area contributed by atoms with Gasteiger partial charge in [0.15, 0.2) is 11.2 Å². The summed E-state index contributed by atoms with van der Waals surface area (Å²) in [5.41, 5.74) is 3.63. The van der Waals surface area contributed by atoms with Crippen molar-refractivity contribution >= 4 is 17.1 Å². The zero-order chi connectivity index (χ0) is 17.1. The van der Waals surface area contributed by atoms with E-state index in [2.05, 4.69) is 20.3 Å². The fourth-order valence-electron chi connectivity index (χ4n) is 2.44. The highest BCUT2D eigenvalue weighted by molar-refractivity contribution is 5.93. The average Bonchev–Trinajstić information content (AvgIpc) is 3.11. The molecule has 3 heterocycles. The van der Waals surface area contributed by atoms with Gasteiger partial charge >= 0.3 is 0 Å². The van der Waals surface area contributed by atoms with E-state index < -0.39 is 0 Å². The van der Waals surface area contributed by atoms with E-state index in [1.165, 1.54) is 0 Å². The lowest BCUT2D eigenvalue weighted by Crippen LogP contribution is -2.22. The van der Waals surface area contributed by atoms with Crippen molar-refractivity contribution in [1.29, 1.82) is 0 Å². The summed E-state index contributed by atoms with van der Waals surface area (Å²) >= 11 is 0. The summed E-state index contributed by atoms with van der Waals surface area (Å²) in [6.07, 6.45) is 4.86. The molecule has 3 aromatic heterocycles. The van der Waals surface area contributed by atoms with Gasteiger partial charge in [-0.2, -0.15) is 4.98 Å². The number of fused-ring (bicyclic) bond motifs is 1. The maximum absolute atomic E-state index is 12.0. The van der Waals surface area contributed by atoms with Crippen LogP contribution in [0.3, 0.4) is 0 Å². The minimum absolute atomic E-state index is 0.151. The number of aromatic nitrogens is 3. The molecule has 0 radical (unpaired) electrons. The quantitative estimate of drug-likeness (QED) is 0.621. The Bertz CT molecular complexity index is 977. The Morgan fingerprint density at radius 1 is 1.04 bits per heavy atom. The van der Waals surface area contributed by atoms with E-state index in [0.29, 0.717) is 29.2 Å². The number of nitrogens with one attached hydrogen (secondary N) is 1. The van der Waals surface area contributed by atoms with Gasteiger partial charge < -0.3 is 9.73 Å². The molecule has 6 heteroatoms. The van der Waals surface area contributed by atoms with Gasteiger partial charge in [0.1, 0.15) is 0 Å². The summed E-state index contributed by atoms with van der Waals surface area (Å²) in [5, 5.41) is 2.87. The van der Waals surface area contributed by atoms with E-state index in [4.69, 9.17) is 4.42 Å². The van der Waals surface area contributed by atoms with E-state index in [9.17, 15) is 4.79 Å². The molecule has 0 spiro atoms. The third-order valence-electron chi connectivity index (χ3n) is 3.74. The molecule has 1 N–H and O–H groups in total. The molecule has 0 unspecified atom stereocenters. The lowest BCUT2D eigenvalue weighted by molar-refractivity contribution is 0.0950. The van der Waals surface area contributed by atoms with Crippen molar-refractivity contribution in [1.82, 2.24) is 20.3 Å². The van der Waals surface area contributed by atoms with Gasteiger partial charge in [-0.3, -0.25) is 9.78 Å². The third kappa shape index (κ3) is 3.23. The lowest BCUT2D eigenvalue weighted by atomic mass is 10.1. The second kappa shape index (κ2) is 6.52. The Morgan fingerprint density at radius 3 is 2.64 bits per heavy atom. The smallest absolute Gasteiger partial charge is 0.253 e. The minimum Gasteiger partial charge on any atom is -0.434 e.